The summed E-state index contributed by atoms with van der Waals surface area (Å²) in [5.41, 5.74) is 7.29. The Morgan fingerprint density at radius 1 is 1.35 bits per heavy atom. The van der Waals surface area contributed by atoms with Gasteiger partial charge in [-0.05, 0) is 11.2 Å². The van der Waals surface area contributed by atoms with Crippen molar-refractivity contribution in [1.82, 2.24) is 9.78 Å². The minimum Gasteiger partial charge on any atom is -0.408 e. The first-order chi connectivity index (χ1) is 7.95. The van der Waals surface area contributed by atoms with Gasteiger partial charge >= 0.3 is 0 Å². The molecule has 0 spiro atoms. The summed E-state index contributed by atoms with van der Waals surface area (Å²) in [5.74, 6) is -0.0308. The van der Waals surface area contributed by atoms with Crippen molar-refractivity contribution in [3.63, 3.8) is 0 Å². The van der Waals surface area contributed by atoms with Crippen molar-refractivity contribution in [1.29, 1.82) is 0 Å². The monoisotopic (exact) mass is 232 g/mol. The van der Waals surface area contributed by atoms with Crippen LogP contribution < -0.4 is 5.73 Å². The van der Waals surface area contributed by atoms with E-state index in [-0.39, 0.29) is 11.4 Å². The fourth-order valence-electron chi connectivity index (χ4n) is 1.84. The lowest BCUT2D eigenvalue weighted by molar-refractivity contribution is 0.315. The van der Waals surface area contributed by atoms with Gasteiger partial charge in [-0.2, -0.15) is 9.78 Å². The van der Waals surface area contributed by atoms with E-state index in [9.17, 15) is 0 Å². The number of aromatic nitrogens is 2. The van der Waals surface area contributed by atoms with Crippen molar-refractivity contribution in [3.05, 3.63) is 30.0 Å². The second-order valence-corrected chi connectivity index (χ2v) is 4.99. The Kier molecular flexibility index (Phi) is 2.53. The van der Waals surface area contributed by atoms with Crippen LogP contribution in [0.3, 0.4) is 0 Å². The van der Waals surface area contributed by atoms with E-state index >= 15 is 0 Å². The molecule has 0 amide bonds. The van der Waals surface area contributed by atoms with E-state index in [0.717, 1.165) is 16.6 Å². The second-order valence-electron chi connectivity index (χ2n) is 4.99. The van der Waals surface area contributed by atoms with Crippen LogP contribution in [0.1, 0.15) is 26.5 Å². The van der Waals surface area contributed by atoms with E-state index in [0.29, 0.717) is 0 Å². The zero-order valence-electron chi connectivity index (χ0n) is 10.2. The average Bonchev–Trinajstić information content (AvgIpc) is 2.67. The van der Waals surface area contributed by atoms with Crippen LogP contribution in [0.5, 0.6) is 0 Å². The fourth-order valence-corrected chi connectivity index (χ4v) is 1.84. The van der Waals surface area contributed by atoms with Gasteiger partial charge in [0.2, 0.25) is 0 Å². The molecular formula is C12H16N4O. The Morgan fingerprint density at radius 2 is 2.00 bits per heavy atom. The van der Waals surface area contributed by atoms with Crippen molar-refractivity contribution in [2.45, 2.75) is 26.2 Å². The van der Waals surface area contributed by atoms with Crippen LogP contribution in [0.25, 0.3) is 10.9 Å². The highest BCUT2D eigenvalue weighted by atomic mass is 16.4. The lowest BCUT2D eigenvalue weighted by Crippen LogP contribution is -2.24. The highest BCUT2D eigenvalue weighted by Gasteiger charge is 2.22. The highest BCUT2D eigenvalue weighted by molar-refractivity contribution is 5.93. The Balaban J connectivity index is 2.80. The molecule has 2 rings (SSSR count). The smallest absolute Gasteiger partial charge is 0.258 e. The molecule has 2 aromatic rings. The minimum absolute atomic E-state index is 0.0308. The van der Waals surface area contributed by atoms with Crippen molar-refractivity contribution in [2.75, 3.05) is 0 Å². The summed E-state index contributed by atoms with van der Waals surface area (Å²) in [6, 6.07) is 7.74. The van der Waals surface area contributed by atoms with Gasteiger partial charge in [-0.15, -0.1) is 0 Å². The molecule has 0 aliphatic rings. The van der Waals surface area contributed by atoms with Gasteiger partial charge in [-0.25, -0.2) is 0 Å². The van der Waals surface area contributed by atoms with Gasteiger partial charge < -0.3 is 10.9 Å². The van der Waals surface area contributed by atoms with Crippen molar-refractivity contribution in [2.24, 2.45) is 10.9 Å². The standard InChI is InChI=1S/C12H16N4O/c1-12(2,3)10-8-6-4-5-7-9(8)16(14-10)11(13)15-17/h4-7,17H,1-3H3,(H2,13,15). The third kappa shape index (κ3) is 1.84. The molecule has 1 aromatic carbocycles. The molecule has 0 atom stereocenters. The van der Waals surface area contributed by atoms with Crippen molar-refractivity contribution in [3.8, 4) is 0 Å². The number of oxime groups is 1. The van der Waals surface area contributed by atoms with E-state index in [2.05, 4.69) is 31.0 Å². The summed E-state index contributed by atoms with van der Waals surface area (Å²) in [6.45, 7) is 6.25. The molecule has 0 unspecified atom stereocenters. The van der Waals surface area contributed by atoms with Crippen molar-refractivity contribution >= 4 is 16.9 Å². The topological polar surface area (TPSA) is 76.4 Å². The summed E-state index contributed by atoms with van der Waals surface area (Å²) < 4.78 is 1.45. The largest absolute Gasteiger partial charge is 0.408 e. The summed E-state index contributed by atoms with van der Waals surface area (Å²) in [6.07, 6.45) is 0. The van der Waals surface area contributed by atoms with E-state index in [1.54, 1.807) is 0 Å². The zero-order chi connectivity index (χ0) is 12.6. The molecule has 0 fully saturated rings. The fraction of sp³-hybridized carbons (Fsp3) is 0.333. The third-order valence-electron chi connectivity index (χ3n) is 2.62. The molecule has 5 heteroatoms. The Morgan fingerprint density at radius 3 is 2.59 bits per heavy atom. The third-order valence-corrected chi connectivity index (χ3v) is 2.62. The number of rotatable bonds is 0. The summed E-state index contributed by atoms with van der Waals surface area (Å²) >= 11 is 0. The molecule has 1 heterocycles. The maximum Gasteiger partial charge on any atom is 0.258 e. The molecule has 0 aliphatic heterocycles. The number of para-hydroxylation sites is 1. The number of hydrogen-bond donors (Lipinski definition) is 2. The first-order valence-electron chi connectivity index (χ1n) is 5.41. The zero-order valence-corrected chi connectivity index (χ0v) is 10.2. The van der Waals surface area contributed by atoms with Crippen LogP contribution in [-0.2, 0) is 5.41 Å². The van der Waals surface area contributed by atoms with Gasteiger partial charge in [0.1, 0.15) is 0 Å². The van der Waals surface area contributed by atoms with Gasteiger partial charge in [0, 0.05) is 10.8 Å². The number of nitrogens with two attached hydrogens (primary N) is 1. The van der Waals surface area contributed by atoms with Crippen LogP contribution in [0.2, 0.25) is 0 Å². The minimum atomic E-state index is -0.0966. The lowest BCUT2D eigenvalue weighted by atomic mass is 9.90. The average molecular weight is 232 g/mol. The van der Waals surface area contributed by atoms with Gasteiger partial charge in [0.25, 0.3) is 5.96 Å². The van der Waals surface area contributed by atoms with Crippen molar-refractivity contribution < 1.29 is 5.21 Å². The molecule has 0 aliphatic carbocycles. The first kappa shape index (κ1) is 11.4. The van der Waals surface area contributed by atoms with Crippen LogP contribution >= 0.6 is 0 Å². The van der Waals surface area contributed by atoms with Gasteiger partial charge in [0.15, 0.2) is 0 Å². The molecule has 90 valence electrons. The molecule has 0 bridgehead atoms. The van der Waals surface area contributed by atoms with Crippen LogP contribution in [0.4, 0.5) is 0 Å². The van der Waals surface area contributed by atoms with E-state index in [1.807, 2.05) is 24.3 Å². The summed E-state index contributed by atoms with van der Waals surface area (Å²) in [7, 11) is 0. The Labute approximate surface area is 99.5 Å². The van der Waals surface area contributed by atoms with E-state index in [1.165, 1.54) is 4.68 Å². The van der Waals surface area contributed by atoms with Gasteiger partial charge in [-0.1, -0.05) is 39.0 Å². The second kappa shape index (κ2) is 3.76. The van der Waals surface area contributed by atoms with E-state index < -0.39 is 0 Å². The molecular weight excluding hydrogens is 216 g/mol. The molecule has 0 radical (unpaired) electrons. The maximum absolute atomic E-state index is 8.76. The predicted octanol–water partition coefficient (Wildman–Crippen LogP) is 1.89. The Hall–Kier alpha value is -2.04. The maximum atomic E-state index is 8.76. The molecule has 3 N–H and O–H groups in total. The number of fused-ring (bicyclic) bond motifs is 1. The van der Waals surface area contributed by atoms with Crippen LogP contribution in [-0.4, -0.2) is 20.9 Å². The molecule has 5 nitrogen and oxygen atoms in total. The first-order valence-corrected chi connectivity index (χ1v) is 5.41. The molecule has 0 saturated carbocycles. The summed E-state index contributed by atoms with van der Waals surface area (Å²) in [4.78, 5) is 0. The molecule has 1 aromatic heterocycles. The number of nitrogens with zero attached hydrogens (tertiary/aromatic N) is 3. The normalized spacial score (nSPS) is 13.2. The predicted molar refractivity (Wildman–Crippen MR) is 67.2 cm³/mol. The Bertz CT molecular complexity index is 578. The number of hydrogen-bond acceptors (Lipinski definition) is 3. The van der Waals surface area contributed by atoms with Gasteiger partial charge in [0.05, 0.1) is 11.2 Å². The SMILES string of the molecule is CC(C)(C)c1nn(C(N)=NO)c2ccccc12. The van der Waals surface area contributed by atoms with Crippen LogP contribution in [0, 0.1) is 0 Å². The van der Waals surface area contributed by atoms with E-state index in [4.69, 9.17) is 10.9 Å². The van der Waals surface area contributed by atoms with Crippen LogP contribution in [0.15, 0.2) is 29.4 Å². The lowest BCUT2D eigenvalue weighted by Gasteiger charge is -2.15. The quantitative estimate of drug-likeness (QED) is 0.315. The molecule has 17 heavy (non-hydrogen) atoms. The van der Waals surface area contributed by atoms with Gasteiger partial charge in [-0.3, -0.25) is 0 Å². The highest BCUT2D eigenvalue weighted by Crippen LogP contribution is 2.28. The summed E-state index contributed by atoms with van der Waals surface area (Å²) in [5, 5.41) is 17.2. The molecule has 0 saturated heterocycles. The number of benzene rings is 1.